The van der Waals surface area contributed by atoms with Crippen molar-refractivity contribution in [1.29, 1.82) is 0 Å². The lowest BCUT2D eigenvalue weighted by molar-refractivity contribution is -0.277. The molecule has 3 rings (SSSR count). The van der Waals surface area contributed by atoms with Gasteiger partial charge in [-0.2, -0.15) is 0 Å². The Hall–Kier alpha value is -3.62. The van der Waals surface area contributed by atoms with Crippen molar-refractivity contribution < 1.29 is 63.5 Å². The average Bonchev–Trinajstić information content (AvgIpc) is 2.91. The van der Waals surface area contributed by atoms with Gasteiger partial charge in [-0.3, -0.25) is 9.59 Å². The van der Waals surface area contributed by atoms with Crippen LogP contribution in [0.25, 0.3) is 0 Å². The number of aliphatic hydroxyl groups is 4. The first-order valence-corrected chi connectivity index (χ1v) is 10.9. The third-order valence-electron chi connectivity index (χ3n) is 5.73. The van der Waals surface area contributed by atoms with Gasteiger partial charge in [0.15, 0.2) is 23.0 Å². The molecule has 1 aliphatic heterocycles. The van der Waals surface area contributed by atoms with Crippen LogP contribution in [0.3, 0.4) is 0 Å². The minimum Gasteiger partial charge on any atom is -0.504 e. The van der Waals surface area contributed by atoms with E-state index in [0.29, 0.717) is 0 Å². The van der Waals surface area contributed by atoms with Crippen LogP contribution in [0.5, 0.6) is 34.5 Å². The number of aromatic hydroxyl groups is 1. The first-order chi connectivity index (χ1) is 17.6. The first-order valence-electron chi connectivity index (χ1n) is 10.9. The molecule has 0 saturated carbocycles. The number of hydrogen-bond donors (Lipinski definition) is 5. The minimum atomic E-state index is -1.75. The van der Waals surface area contributed by atoms with Gasteiger partial charge in [0, 0.05) is 11.1 Å². The smallest absolute Gasteiger partial charge is 0.233 e. The third-order valence-corrected chi connectivity index (χ3v) is 5.73. The number of methoxy groups -OCH3 is 4. The molecule has 1 fully saturated rings. The highest BCUT2D eigenvalue weighted by Crippen LogP contribution is 2.41. The molecule has 0 amide bonds. The molecular formula is C24H28O13. The van der Waals surface area contributed by atoms with Gasteiger partial charge in [-0.25, -0.2) is 0 Å². The van der Waals surface area contributed by atoms with Crippen LogP contribution in [-0.2, 0) is 4.74 Å². The fraction of sp³-hybridized carbons (Fsp3) is 0.417. The molecule has 202 valence electrons. The van der Waals surface area contributed by atoms with E-state index < -0.39 is 54.6 Å². The van der Waals surface area contributed by atoms with Crippen molar-refractivity contribution in [3.63, 3.8) is 0 Å². The normalized spacial score (nSPS) is 23.2. The average molecular weight is 524 g/mol. The lowest BCUT2D eigenvalue weighted by Gasteiger charge is -2.39. The number of Topliss-reactive ketones (excluding diaryl/α,β-unsaturated/α-hetero) is 2. The summed E-state index contributed by atoms with van der Waals surface area (Å²) in [5, 5.41) is 49.9. The van der Waals surface area contributed by atoms with Crippen LogP contribution in [0.15, 0.2) is 24.3 Å². The standard InChI is InChI=1S/C24H28O13/c1-32-13-6-10(5-12(26)22(13)34-3)17(27)18(28)11-7-14(33-2)23(35-4)15(8-11)36-24-21(31)20(30)19(29)16(9-25)37-24/h5-8,16,19-21,24-26,29-31H,9H2,1-4H3/t16-,19-,20+,21-,24-/m1/s1. The Morgan fingerprint density at radius 3 is 1.78 bits per heavy atom. The molecule has 0 aromatic heterocycles. The molecule has 37 heavy (non-hydrogen) atoms. The molecule has 0 bridgehead atoms. The summed E-state index contributed by atoms with van der Waals surface area (Å²) in [6.07, 6.45) is -7.92. The Kier molecular flexibility index (Phi) is 8.78. The highest BCUT2D eigenvalue weighted by molar-refractivity contribution is 6.49. The number of benzene rings is 2. The summed E-state index contributed by atoms with van der Waals surface area (Å²) in [5.41, 5.74) is -0.400. The van der Waals surface area contributed by atoms with Crippen molar-refractivity contribution in [1.82, 2.24) is 0 Å². The van der Waals surface area contributed by atoms with Crippen LogP contribution >= 0.6 is 0 Å². The van der Waals surface area contributed by atoms with Gasteiger partial charge in [0.05, 0.1) is 35.0 Å². The predicted octanol–water partition coefficient (Wildman–Crippen LogP) is -0.329. The van der Waals surface area contributed by atoms with E-state index in [9.17, 15) is 35.1 Å². The number of phenolic OH excluding ortho intramolecular Hbond substituents is 1. The van der Waals surface area contributed by atoms with Crippen LogP contribution < -0.4 is 23.7 Å². The molecule has 0 spiro atoms. The van der Waals surface area contributed by atoms with Gasteiger partial charge < -0.3 is 54.0 Å². The second-order valence-corrected chi connectivity index (χ2v) is 7.91. The van der Waals surface area contributed by atoms with Crippen molar-refractivity contribution in [2.24, 2.45) is 0 Å². The SMILES string of the molecule is COc1cc(C(=O)C(=O)c2cc(OC)c(OC)c(O[C@@H]3O[C@H](CO)[C@@H](O)[C@H](O)[C@H]3O)c2)cc(O)c1OC. The van der Waals surface area contributed by atoms with Crippen LogP contribution in [-0.4, -0.2) is 103 Å². The van der Waals surface area contributed by atoms with E-state index in [1.807, 2.05) is 0 Å². The summed E-state index contributed by atoms with van der Waals surface area (Å²) in [6, 6.07) is 4.63. The van der Waals surface area contributed by atoms with E-state index >= 15 is 0 Å². The minimum absolute atomic E-state index is 0.0177. The van der Waals surface area contributed by atoms with Crippen LogP contribution in [0.2, 0.25) is 0 Å². The Balaban J connectivity index is 2.00. The molecule has 1 heterocycles. The van der Waals surface area contributed by atoms with Crippen molar-refractivity contribution in [2.45, 2.75) is 30.7 Å². The van der Waals surface area contributed by atoms with Gasteiger partial charge in [0.2, 0.25) is 29.4 Å². The number of carbonyl (C=O) groups is 2. The molecule has 2 aromatic carbocycles. The first kappa shape index (κ1) is 28.0. The summed E-state index contributed by atoms with van der Waals surface area (Å²) in [6.45, 7) is -0.684. The second kappa shape index (κ2) is 11.6. The van der Waals surface area contributed by atoms with Gasteiger partial charge in [-0.15, -0.1) is 0 Å². The molecule has 13 nitrogen and oxygen atoms in total. The number of ketones is 2. The number of carbonyl (C=O) groups excluding carboxylic acids is 2. The highest BCUT2D eigenvalue weighted by Gasteiger charge is 2.45. The number of phenols is 1. The number of rotatable bonds is 10. The molecule has 1 saturated heterocycles. The molecule has 13 heteroatoms. The second-order valence-electron chi connectivity index (χ2n) is 7.91. The van der Waals surface area contributed by atoms with Crippen molar-refractivity contribution in [3.8, 4) is 34.5 Å². The van der Waals surface area contributed by atoms with E-state index in [1.54, 1.807) is 0 Å². The molecule has 0 radical (unpaired) electrons. The molecular weight excluding hydrogens is 496 g/mol. The monoisotopic (exact) mass is 524 g/mol. The zero-order valence-electron chi connectivity index (χ0n) is 20.4. The predicted molar refractivity (Wildman–Crippen MR) is 124 cm³/mol. The highest BCUT2D eigenvalue weighted by atomic mass is 16.7. The number of hydrogen-bond acceptors (Lipinski definition) is 13. The lowest BCUT2D eigenvalue weighted by atomic mass is 9.99. The fourth-order valence-electron chi connectivity index (χ4n) is 3.78. The van der Waals surface area contributed by atoms with Gasteiger partial charge in [-0.1, -0.05) is 0 Å². The maximum Gasteiger partial charge on any atom is 0.233 e. The Bertz CT molecular complexity index is 1150. The topological polar surface area (TPSA) is 191 Å². The van der Waals surface area contributed by atoms with Crippen LogP contribution in [0.1, 0.15) is 20.7 Å². The van der Waals surface area contributed by atoms with Crippen molar-refractivity contribution >= 4 is 11.6 Å². The fourth-order valence-corrected chi connectivity index (χ4v) is 3.78. The summed E-state index contributed by atoms with van der Waals surface area (Å²) in [4.78, 5) is 26.1. The lowest BCUT2D eigenvalue weighted by Crippen LogP contribution is -2.60. The van der Waals surface area contributed by atoms with Gasteiger partial charge in [-0.05, 0) is 24.3 Å². The number of ether oxygens (including phenoxy) is 6. The molecule has 5 N–H and O–H groups in total. The van der Waals surface area contributed by atoms with Crippen LogP contribution in [0, 0.1) is 0 Å². The number of aliphatic hydroxyl groups excluding tert-OH is 4. The Morgan fingerprint density at radius 1 is 0.757 bits per heavy atom. The van der Waals surface area contributed by atoms with Gasteiger partial charge in [0.25, 0.3) is 0 Å². The summed E-state index contributed by atoms with van der Waals surface area (Å²) < 4.78 is 31.7. The molecule has 0 aliphatic carbocycles. The zero-order valence-corrected chi connectivity index (χ0v) is 20.4. The summed E-state index contributed by atoms with van der Waals surface area (Å²) >= 11 is 0. The van der Waals surface area contributed by atoms with E-state index in [4.69, 9.17) is 28.4 Å². The molecule has 0 unspecified atom stereocenters. The molecule has 2 aromatic rings. The molecule has 1 aliphatic rings. The van der Waals surface area contributed by atoms with Gasteiger partial charge >= 0.3 is 0 Å². The zero-order chi connectivity index (χ0) is 27.4. The maximum atomic E-state index is 13.1. The Labute approximate surface area is 211 Å². The van der Waals surface area contributed by atoms with Crippen LogP contribution in [0.4, 0.5) is 0 Å². The summed E-state index contributed by atoms with van der Waals surface area (Å²) in [7, 11) is 5.14. The molecule has 5 atom stereocenters. The van der Waals surface area contributed by atoms with E-state index in [2.05, 4.69) is 0 Å². The van der Waals surface area contributed by atoms with Gasteiger partial charge in [0.1, 0.15) is 24.4 Å². The Morgan fingerprint density at radius 2 is 1.27 bits per heavy atom. The van der Waals surface area contributed by atoms with Crippen molar-refractivity contribution in [3.05, 3.63) is 35.4 Å². The van der Waals surface area contributed by atoms with E-state index in [-0.39, 0.29) is 39.9 Å². The van der Waals surface area contributed by atoms with Crippen molar-refractivity contribution in [2.75, 3.05) is 35.0 Å². The quantitative estimate of drug-likeness (QED) is 0.201. The summed E-state index contributed by atoms with van der Waals surface area (Å²) in [5.74, 6) is -2.71. The maximum absolute atomic E-state index is 13.1. The largest absolute Gasteiger partial charge is 0.504 e. The van der Waals surface area contributed by atoms with E-state index in [0.717, 1.165) is 12.1 Å². The third kappa shape index (κ3) is 5.40. The van der Waals surface area contributed by atoms with E-state index in [1.165, 1.54) is 40.6 Å².